The van der Waals surface area contributed by atoms with Gasteiger partial charge in [0.25, 0.3) is 0 Å². The normalized spacial score (nSPS) is 18.2. The number of nitrogens with one attached hydrogen (secondary N) is 2. The molecule has 1 unspecified atom stereocenters. The van der Waals surface area contributed by atoms with Crippen LogP contribution in [0.2, 0.25) is 10.0 Å². The maximum absolute atomic E-state index is 11.5. The number of benzene rings is 2. The lowest BCUT2D eigenvalue weighted by atomic mass is 9.98. The minimum absolute atomic E-state index is 0.0891. The fourth-order valence-corrected chi connectivity index (χ4v) is 6.71. The number of hydrogen-bond donors (Lipinski definition) is 2. The Morgan fingerprint density at radius 1 is 0.891 bits per heavy atom. The van der Waals surface area contributed by atoms with Crippen molar-refractivity contribution in [3.8, 4) is 45.4 Å². The number of rotatable bonds is 11. The molecule has 2 atom stereocenters. The number of aromatic nitrogens is 4. The second-order valence-electron chi connectivity index (χ2n) is 11.8. The van der Waals surface area contributed by atoms with E-state index in [9.17, 15) is 4.79 Å². The van der Waals surface area contributed by atoms with Crippen LogP contribution in [0.4, 0.5) is 0 Å². The van der Waals surface area contributed by atoms with Crippen molar-refractivity contribution in [2.24, 2.45) is 5.92 Å². The Bertz CT molecular complexity index is 1740. The van der Waals surface area contributed by atoms with Gasteiger partial charge in [-0.25, -0.2) is 9.97 Å². The standard InChI is InChI=1S/C34H37Cl2N7O3/c1-20-12-13-43(18-20)19-29-34(46-3)42-27(17-39-29)25-9-5-7-23(32(25)36)22-6-4-8-24(31(22)35)26-16-38-28(33(41-26)45-2)15-37-14-21-10-11-30(44)40-21/h4-9,16-17,20-21,37H,10-15,18-19H2,1-3H3,(H,40,44)/t20?,21-/m0/s1. The fourth-order valence-electron chi connectivity index (χ4n) is 6.06. The van der Waals surface area contributed by atoms with Crippen LogP contribution in [0.5, 0.6) is 11.8 Å². The minimum Gasteiger partial charge on any atom is -0.480 e. The van der Waals surface area contributed by atoms with E-state index in [1.165, 1.54) is 6.42 Å². The predicted octanol–water partition coefficient (Wildman–Crippen LogP) is 5.80. The van der Waals surface area contributed by atoms with Crippen molar-refractivity contribution in [3.05, 3.63) is 70.2 Å². The topological polar surface area (TPSA) is 114 Å². The van der Waals surface area contributed by atoms with Crippen molar-refractivity contribution in [2.45, 2.75) is 45.3 Å². The Balaban J connectivity index is 1.24. The monoisotopic (exact) mass is 661 g/mol. The lowest BCUT2D eigenvalue weighted by Crippen LogP contribution is -2.35. The SMILES string of the molecule is COc1nc(-c2cccc(-c3cccc(-c4cnc(CN5CCC(C)C5)c(OC)n4)c3Cl)c2Cl)cnc1CNC[C@@H]1CCC(=O)N1. The zero-order chi connectivity index (χ0) is 32.2. The van der Waals surface area contributed by atoms with Gasteiger partial charge in [-0.1, -0.05) is 66.5 Å². The van der Waals surface area contributed by atoms with Gasteiger partial charge >= 0.3 is 0 Å². The molecule has 0 bridgehead atoms. The molecule has 4 heterocycles. The first-order chi connectivity index (χ1) is 22.3. The van der Waals surface area contributed by atoms with Crippen LogP contribution in [0.25, 0.3) is 33.6 Å². The van der Waals surface area contributed by atoms with E-state index in [0.717, 1.165) is 41.9 Å². The van der Waals surface area contributed by atoms with Crippen molar-refractivity contribution in [2.75, 3.05) is 33.9 Å². The summed E-state index contributed by atoms with van der Waals surface area (Å²) in [5.41, 5.74) is 5.58. The summed E-state index contributed by atoms with van der Waals surface area (Å²) in [6, 6.07) is 11.6. The number of carbonyl (C=O) groups excluding carboxylic acids is 1. The summed E-state index contributed by atoms with van der Waals surface area (Å²) in [5, 5.41) is 7.28. The summed E-state index contributed by atoms with van der Waals surface area (Å²) in [6.45, 7) is 6.15. The van der Waals surface area contributed by atoms with Gasteiger partial charge in [0.1, 0.15) is 11.4 Å². The third-order valence-electron chi connectivity index (χ3n) is 8.50. The number of amides is 1. The van der Waals surface area contributed by atoms with Crippen LogP contribution in [-0.4, -0.2) is 70.6 Å². The molecular formula is C34H37Cl2N7O3. The van der Waals surface area contributed by atoms with Crippen LogP contribution in [0.15, 0.2) is 48.8 Å². The number of ether oxygens (including phenoxy) is 2. The highest BCUT2D eigenvalue weighted by Gasteiger charge is 2.23. The number of methoxy groups -OCH3 is 2. The van der Waals surface area contributed by atoms with Gasteiger partial charge in [0.05, 0.1) is 48.0 Å². The second-order valence-corrected chi connectivity index (χ2v) is 12.6. The van der Waals surface area contributed by atoms with Crippen molar-refractivity contribution >= 4 is 29.1 Å². The summed E-state index contributed by atoms with van der Waals surface area (Å²) >= 11 is 14.1. The molecule has 2 N–H and O–H groups in total. The molecule has 0 aliphatic carbocycles. The number of nitrogens with zero attached hydrogens (tertiary/aromatic N) is 5. The molecule has 4 aromatic rings. The van der Waals surface area contributed by atoms with Gasteiger partial charge in [0, 0.05) is 60.9 Å². The zero-order valence-corrected chi connectivity index (χ0v) is 27.7. The van der Waals surface area contributed by atoms with E-state index in [2.05, 4.69) is 27.4 Å². The highest BCUT2D eigenvalue weighted by atomic mass is 35.5. The fraction of sp³-hybridized carbons (Fsp3) is 0.382. The predicted molar refractivity (Wildman–Crippen MR) is 179 cm³/mol. The Morgan fingerprint density at radius 3 is 2.02 bits per heavy atom. The quantitative estimate of drug-likeness (QED) is 0.206. The maximum Gasteiger partial charge on any atom is 0.237 e. The molecule has 0 spiro atoms. The Morgan fingerprint density at radius 2 is 1.48 bits per heavy atom. The van der Waals surface area contributed by atoms with Crippen LogP contribution >= 0.6 is 23.2 Å². The molecule has 6 rings (SSSR count). The average molecular weight is 663 g/mol. The van der Waals surface area contributed by atoms with Crippen LogP contribution < -0.4 is 20.1 Å². The third-order valence-corrected chi connectivity index (χ3v) is 9.31. The zero-order valence-electron chi connectivity index (χ0n) is 26.1. The highest BCUT2D eigenvalue weighted by Crippen LogP contribution is 2.42. The average Bonchev–Trinajstić information content (AvgIpc) is 3.68. The summed E-state index contributed by atoms with van der Waals surface area (Å²) in [6.07, 6.45) is 6.01. The van der Waals surface area contributed by atoms with Crippen molar-refractivity contribution in [1.29, 1.82) is 0 Å². The van der Waals surface area contributed by atoms with Gasteiger partial charge in [-0.3, -0.25) is 19.7 Å². The number of carbonyl (C=O) groups is 1. The molecule has 2 aliphatic heterocycles. The van der Waals surface area contributed by atoms with E-state index in [0.29, 0.717) is 76.4 Å². The van der Waals surface area contributed by atoms with Crippen LogP contribution in [0, 0.1) is 5.92 Å². The molecule has 46 heavy (non-hydrogen) atoms. The minimum atomic E-state index is 0.0891. The van der Waals surface area contributed by atoms with Gasteiger partial charge in [0.2, 0.25) is 17.7 Å². The molecule has 240 valence electrons. The summed E-state index contributed by atoms with van der Waals surface area (Å²) in [7, 11) is 3.18. The van der Waals surface area contributed by atoms with E-state index in [1.54, 1.807) is 26.6 Å². The van der Waals surface area contributed by atoms with Gasteiger partial charge in [-0.2, -0.15) is 0 Å². The van der Waals surface area contributed by atoms with Crippen molar-refractivity contribution in [1.82, 2.24) is 35.5 Å². The van der Waals surface area contributed by atoms with E-state index < -0.39 is 0 Å². The third kappa shape index (κ3) is 6.95. The smallest absolute Gasteiger partial charge is 0.237 e. The van der Waals surface area contributed by atoms with E-state index in [-0.39, 0.29) is 11.9 Å². The highest BCUT2D eigenvalue weighted by molar-refractivity contribution is 6.39. The lowest BCUT2D eigenvalue weighted by molar-refractivity contribution is -0.119. The first-order valence-corrected chi connectivity index (χ1v) is 16.2. The van der Waals surface area contributed by atoms with E-state index in [1.807, 2.05) is 36.4 Å². The van der Waals surface area contributed by atoms with E-state index >= 15 is 0 Å². The van der Waals surface area contributed by atoms with Gasteiger partial charge in [-0.05, 0) is 25.3 Å². The molecule has 2 saturated heterocycles. The van der Waals surface area contributed by atoms with Crippen LogP contribution in [0.1, 0.15) is 37.6 Å². The first-order valence-electron chi connectivity index (χ1n) is 15.4. The molecule has 0 radical (unpaired) electrons. The summed E-state index contributed by atoms with van der Waals surface area (Å²) < 4.78 is 11.2. The van der Waals surface area contributed by atoms with Crippen LogP contribution in [-0.2, 0) is 17.9 Å². The van der Waals surface area contributed by atoms with Gasteiger partial charge < -0.3 is 20.1 Å². The Labute approximate surface area is 278 Å². The lowest BCUT2D eigenvalue weighted by Gasteiger charge is -2.17. The molecule has 0 saturated carbocycles. The number of halogens is 2. The van der Waals surface area contributed by atoms with E-state index in [4.69, 9.17) is 47.6 Å². The molecule has 10 nitrogen and oxygen atoms in total. The first kappa shape index (κ1) is 32.1. The number of hydrogen-bond acceptors (Lipinski definition) is 9. The Hall–Kier alpha value is -3.83. The van der Waals surface area contributed by atoms with Crippen molar-refractivity contribution < 1.29 is 14.3 Å². The summed E-state index contributed by atoms with van der Waals surface area (Å²) in [5.74, 6) is 1.66. The number of likely N-dealkylation sites (tertiary alicyclic amines) is 1. The molecule has 2 aromatic carbocycles. The van der Waals surface area contributed by atoms with Crippen LogP contribution in [0.3, 0.4) is 0 Å². The second kappa shape index (κ2) is 14.3. The summed E-state index contributed by atoms with van der Waals surface area (Å²) in [4.78, 5) is 32.7. The Kier molecular flexibility index (Phi) is 9.98. The van der Waals surface area contributed by atoms with Gasteiger partial charge in [-0.15, -0.1) is 0 Å². The van der Waals surface area contributed by atoms with Crippen molar-refractivity contribution in [3.63, 3.8) is 0 Å². The molecule has 2 fully saturated rings. The molecule has 1 amide bonds. The van der Waals surface area contributed by atoms with Gasteiger partial charge in [0.15, 0.2) is 0 Å². The largest absolute Gasteiger partial charge is 0.480 e. The molecular weight excluding hydrogens is 625 g/mol. The molecule has 2 aromatic heterocycles. The molecule has 2 aliphatic rings. The maximum atomic E-state index is 11.5. The molecule has 12 heteroatoms.